The van der Waals surface area contributed by atoms with Crippen LogP contribution in [0.1, 0.15) is 21.7 Å². The number of halogens is 1. The number of hydrogen-bond donors (Lipinski definition) is 1. The lowest BCUT2D eigenvalue weighted by molar-refractivity contribution is 0.0951. The maximum atomic E-state index is 13.1. The minimum atomic E-state index is -0.311. The molecule has 8 heteroatoms. The van der Waals surface area contributed by atoms with Gasteiger partial charge in [-0.15, -0.1) is 0 Å². The van der Waals surface area contributed by atoms with Crippen LogP contribution in [0.5, 0.6) is 17.2 Å². The second kappa shape index (κ2) is 9.20. The predicted octanol–water partition coefficient (Wildman–Crippen LogP) is 4.43. The summed E-state index contributed by atoms with van der Waals surface area (Å²) in [6.07, 6.45) is 0. The first kappa shape index (κ1) is 22.1. The molecule has 0 saturated carbocycles. The van der Waals surface area contributed by atoms with Gasteiger partial charge >= 0.3 is 0 Å². The molecule has 0 aliphatic heterocycles. The Balaban J connectivity index is 1.65. The topological polar surface area (TPSA) is 74.6 Å². The van der Waals surface area contributed by atoms with Crippen LogP contribution in [0.4, 0.5) is 4.39 Å². The molecule has 4 rings (SSSR count). The van der Waals surface area contributed by atoms with Crippen LogP contribution in [-0.4, -0.2) is 36.8 Å². The van der Waals surface area contributed by atoms with E-state index in [1.807, 2.05) is 29.7 Å². The zero-order valence-corrected chi connectivity index (χ0v) is 18.8. The maximum Gasteiger partial charge on any atom is 0.251 e. The Morgan fingerprint density at radius 3 is 2.24 bits per heavy atom. The van der Waals surface area contributed by atoms with Gasteiger partial charge in [0.05, 0.1) is 38.1 Å². The number of carbonyl (C=O) groups is 1. The van der Waals surface area contributed by atoms with E-state index in [2.05, 4.69) is 10.3 Å². The minimum Gasteiger partial charge on any atom is -0.493 e. The largest absolute Gasteiger partial charge is 0.493 e. The maximum absolute atomic E-state index is 13.1. The Hall–Kier alpha value is -4.07. The summed E-state index contributed by atoms with van der Waals surface area (Å²) in [6, 6.07) is 15.1. The predicted molar refractivity (Wildman–Crippen MR) is 123 cm³/mol. The van der Waals surface area contributed by atoms with Crippen molar-refractivity contribution in [3.63, 3.8) is 0 Å². The number of carbonyl (C=O) groups excluding carboxylic acids is 1. The van der Waals surface area contributed by atoms with Gasteiger partial charge in [0.15, 0.2) is 11.5 Å². The van der Waals surface area contributed by atoms with Crippen LogP contribution in [0.2, 0.25) is 0 Å². The number of hydrogen-bond acceptors (Lipinski definition) is 5. The third-order valence-corrected chi connectivity index (χ3v) is 5.36. The highest BCUT2D eigenvalue weighted by atomic mass is 19.1. The van der Waals surface area contributed by atoms with E-state index < -0.39 is 0 Å². The van der Waals surface area contributed by atoms with Gasteiger partial charge in [0.25, 0.3) is 5.91 Å². The van der Waals surface area contributed by atoms with Crippen molar-refractivity contribution >= 4 is 16.9 Å². The van der Waals surface area contributed by atoms with Gasteiger partial charge in [-0.2, -0.15) is 0 Å². The second-order valence-electron chi connectivity index (χ2n) is 7.39. The first-order chi connectivity index (χ1) is 15.9. The van der Waals surface area contributed by atoms with Gasteiger partial charge in [-0.25, -0.2) is 9.37 Å². The van der Waals surface area contributed by atoms with E-state index in [-0.39, 0.29) is 11.7 Å². The SMILES string of the molecule is COc1cc(-n2c(C)nc3cc(C(=O)NCc4ccc(F)cc4)ccc32)cc(OC)c1OC. The van der Waals surface area contributed by atoms with Gasteiger partial charge < -0.3 is 19.5 Å². The fourth-order valence-corrected chi connectivity index (χ4v) is 3.75. The van der Waals surface area contributed by atoms with Crippen molar-refractivity contribution in [3.8, 4) is 22.9 Å². The number of rotatable bonds is 7. The van der Waals surface area contributed by atoms with Gasteiger partial charge in [-0.1, -0.05) is 12.1 Å². The molecule has 0 radical (unpaired) electrons. The van der Waals surface area contributed by atoms with Crippen LogP contribution in [0.25, 0.3) is 16.7 Å². The average Bonchev–Trinajstić information content (AvgIpc) is 3.17. The number of fused-ring (bicyclic) bond motifs is 1. The molecule has 7 nitrogen and oxygen atoms in total. The van der Waals surface area contributed by atoms with E-state index >= 15 is 0 Å². The van der Waals surface area contributed by atoms with E-state index in [1.165, 1.54) is 12.1 Å². The second-order valence-corrected chi connectivity index (χ2v) is 7.39. The third-order valence-electron chi connectivity index (χ3n) is 5.36. The number of ether oxygens (including phenoxy) is 3. The highest BCUT2D eigenvalue weighted by molar-refractivity contribution is 5.97. The number of amides is 1. The lowest BCUT2D eigenvalue weighted by Gasteiger charge is -2.15. The Morgan fingerprint density at radius 1 is 0.970 bits per heavy atom. The smallest absolute Gasteiger partial charge is 0.251 e. The number of aryl methyl sites for hydroxylation is 1. The highest BCUT2D eigenvalue weighted by Gasteiger charge is 2.18. The summed E-state index contributed by atoms with van der Waals surface area (Å²) in [6.45, 7) is 2.19. The van der Waals surface area contributed by atoms with Gasteiger partial charge in [0.2, 0.25) is 5.75 Å². The summed E-state index contributed by atoms with van der Waals surface area (Å²) < 4.78 is 31.4. The lowest BCUT2D eigenvalue weighted by atomic mass is 10.1. The standard InChI is InChI=1S/C25H24FN3O4/c1-15-28-20-11-17(25(30)27-14-16-5-8-18(26)9-6-16)7-10-21(20)29(15)19-12-22(31-2)24(33-4)23(13-19)32-3/h5-13H,14H2,1-4H3,(H,27,30). The summed E-state index contributed by atoms with van der Waals surface area (Å²) in [4.78, 5) is 17.3. The molecule has 0 saturated heterocycles. The molecule has 170 valence electrons. The molecule has 33 heavy (non-hydrogen) atoms. The number of aromatic nitrogens is 2. The lowest BCUT2D eigenvalue weighted by Crippen LogP contribution is -2.22. The molecule has 0 aliphatic rings. The highest BCUT2D eigenvalue weighted by Crippen LogP contribution is 2.40. The minimum absolute atomic E-state index is 0.235. The first-order valence-electron chi connectivity index (χ1n) is 10.3. The van der Waals surface area contributed by atoms with Crippen LogP contribution in [0, 0.1) is 12.7 Å². The van der Waals surface area contributed by atoms with Gasteiger partial charge in [0.1, 0.15) is 11.6 Å². The summed E-state index contributed by atoms with van der Waals surface area (Å²) in [5.41, 5.74) is 3.60. The Kier molecular flexibility index (Phi) is 6.17. The van der Waals surface area contributed by atoms with Crippen molar-refractivity contribution in [2.45, 2.75) is 13.5 Å². The van der Waals surface area contributed by atoms with Crippen molar-refractivity contribution in [2.24, 2.45) is 0 Å². The average molecular weight is 449 g/mol. The number of nitrogens with zero attached hydrogens (tertiary/aromatic N) is 2. The Labute approximate surface area is 190 Å². The van der Waals surface area contributed by atoms with E-state index in [9.17, 15) is 9.18 Å². The van der Waals surface area contributed by atoms with Gasteiger partial charge in [-0.3, -0.25) is 9.36 Å². The molecule has 4 aromatic rings. The summed E-state index contributed by atoms with van der Waals surface area (Å²) >= 11 is 0. The molecule has 3 aromatic carbocycles. The fraction of sp³-hybridized carbons (Fsp3) is 0.200. The van der Waals surface area contributed by atoms with E-state index in [0.29, 0.717) is 34.9 Å². The zero-order chi connectivity index (χ0) is 23.5. The summed E-state index contributed by atoms with van der Waals surface area (Å²) in [5.74, 6) is 1.76. The number of benzene rings is 3. The Bertz CT molecular complexity index is 1290. The fourth-order valence-electron chi connectivity index (χ4n) is 3.75. The Morgan fingerprint density at radius 2 is 1.64 bits per heavy atom. The number of nitrogens with one attached hydrogen (secondary N) is 1. The number of methoxy groups -OCH3 is 3. The summed E-state index contributed by atoms with van der Waals surface area (Å²) in [5, 5.41) is 2.85. The third kappa shape index (κ3) is 4.32. The molecule has 0 spiro atoms. The van der Waals surface area contributed by atoms with E-state index in [1.54, 1.807) is 45.6 Å². The van der Waals surface area contributed by atoms with Crippen molar-refractivity contribution in [3.05, 3.63) is 77.4 Å². The van der Waals surface area contributed by atoms with Crippen LogP contribution < -0.4 is 19.5 Å². The number of imidazole rings is 1. The van der Waals surface area contributed by atoms with E-state index in [4.69, 9.17) is 14.2 Å². The molecular weight excluding hydrogens is 425 g/mol. The van der Waals surface area contributed by atoms with Crippen molar-refractivity contribution in [2.75, 3.05) is 21.3 Å². The molecule has 0 atom stereocenters. The molecule has 0 aliphatic carbocycles. The van der Waals surface area contributed by atoms with Crippen LogP contribution >= 0.6 is 0 Å². The zero-order valence-electron chi connectivity index (χ0n) is 18.8. The summed E-state index contributed by atoms with van der Waals surface area (Å²) in [7, 11) is 4.69. The monoisotopic (exact) mass is 449 g/mol. The van der Waals surface area contributed by atoms with Crippen molar-refractivity contribution in [1.82, 2.24) is 14.9 Å². The molecule has 0 fully saturated rings. The quantitative estimate of drug-likeness (QED) is 0.452. The normalized spacial score (nSPS) is 10.8. The molecule has 1 amide bonds. The van der Waals surface area contributed by atoms with Crippen molar-refractivity contribution in [1.29, 1.82) is 0 Å². The molecule has 1 aromatic heterocycles. The van der Waals surface area contributed by atoms with E-state index in [0.717, 1.165) is 22.6 Å². The molecule has 0 bridgehead atoms. The van der Waals surface area contributed by atoms with Crippen LogP contribution in [0.15, 0.2) is 54.6 Å². The first-order valence-corrected chi connectivity index (χ1v) is 10.3. The molecular formula is C25H24FN3O4. The molecule has 1 heterocycles. The van der Waals surface area contributed by atoms with Crippen LogP contribution in [0.3, 0.4) is 0 Å². The molecule has 0 unspecified atom stereocenters. The van der Waals surface area contributed by atoms with Crippen LogP contribution in [-0.2, 0) is 6.54 Å². The van der Waals surface area contributed by atoms with Crippen molar-refractivity contribution < 1.29 is 23.4 Å². The van der Waals surface area contributed by atoms with Gasteiger partial charge in [0, 0.05) is 24.2 Å². The molecule has 1 N–H and O–H groups in total. The van der Waals surface area contributed by atoms with Gasteiger partial charge in [-0.05, 0) is 42.8 Å².